The number of alkyl halides is 6. The minimum Gasteiger partial charge on any atom is -0.468 e. The van der Waals surface area contributed by atoms with Crippen molar-refractivity contribution in [2.75, 3.05) is 24.8 Å². The van der Waals surface area contributed by atoms with Crippen LogP contribution in [0.5, 0.6) is 5.88 Å². The Hall–Kier alpha value is -3.46. The highest BCUT2D eigenvalue weighted by Gasteiger charge is 2.34. The van der Waals surface area contributed by atoms with E-state index < -0.39 is 56.6 Å². The topological polar surface area (TPSA) is 102 Å². The average molecular weight is 569 g/mol. The molecule has 8 nitrogen and oxygen atoms in total. The van der Waals surface area contributed by atoms with Gasteiger partial charge in [0.25, 0.3) is 5.91 Å². The van der Waals surface area contributed by atoms with Crippen LogP contribution in [0.4, 0.5) is 32.2 Å². The van der Waals surface area contributed by atoms with Crippen LogP contribution in [0.3, 0.4) is 0 Å². The number of hydrogen-bond donors (Lipinski definition) is 0. The number of benzene rings is 1. The van der Waals surface area contributed by atoms with Crippen molar-refractivity contribution < 1.29 is 44.3 Å². The van der Waals surface area contributed by atoms with Crippen LogP contribution in [0.1, 0.15) is 15.9 Å². The lowest BCUT2D eigenvalue weighted by molar-refractivity contribution is -0.154. The summed E-state index contributed by atoms with van der Waals surface area (Å²) in [6, 6.07) is 5.38. The van der Waals surface area contributed by atoms with Crippen LogP contribution in [0, 0.1) is 0 Å². The predicted octanol–water partition coefficient (Wildman–Crippen LogP) is 4.83. The fraction of sp³-hybridized carbons (Fsp3) is 0.238. The average Bonchev–Trinajstić information content (AvgIpc) is 2.80. The summed E-state index contributed by atoms with van der Waals surface area (Å²) in [7, 11) is -3.05. The van der Waals surface area contributed by atoms with E-state index in [9.17, 15) is 39.6 Å². The second-order valence-electron chi connectivity index (χ2n) is 7.54. The lowest BCUT2D eigenvalue weighted by Gasteiger charge is -2.21. The first-order chi connectivity index (χ1) is 17.0. The van der Waals surface area contributed by atoms with Crippen molar-refractivity contribution in [3.05, 3.63) is 58.9 Å². The molecule has 1 amide bonds. The second-order valence-corrected chi connectivity index (χ2v) is 9.95. The van der Waals surface area contributed by atoms with E-state index in [2.05, 4.69) is 15.2 Å². The number of carbonyl (C=O) groups is 1. The highest BCUT2D eigenvalue weighted by molar-refractivity contribution is 7.90. The van der Waals surface area contributed by atoms with E-state index in [1.54, 1.807) is 0 Å². The third-order valence-corrected chi connectivity index (χ3v) is 5.99. The minimum atomic E-state index is -4.97. The van der Waals surface area contributed by atoms with Gasteiger partial charge in [-0.3, -0.25) is 9.69 Å². The van der Waals surface area contributed by atoms with Gasteiger partial charge in [-0.1, -0.05) is 11.6 Å². The van der Waals surface area contributed by atoms with E-state index in [-0.39, 0.29) is 22.1 Å². The third-order valence-electron chi connectivity index (χ3n) is 4.71. The first kappa shape index (κ1) is 28.1. The molecule has 16 heteroatoms. The molecule has 3 aromatic rings. The molecule has 0 fully saturated rings. The SMILES string of the molecule is CN(C(=O)c1cc(C(F)(F)F)cc(S(C)(=O)=O)c1)c1nnc(Cl)cc1-c1cccnc1OCC(F)(F)F. The monoisotopic (exact) mass is 568 g/mol. The van der Waals surface area contributed by atoms with Gasteiger partial charge in [0, 0.05) is 36.2 Å². The van der Waals surface area contributed by atoms with Crippen molar-refractivity contribution in [3.63, 3.8) is 0 Å². The Balaban J connectivity index is 2.12. The van der Waals surface area contributed by atoms with Crippen molar-refractivity contribution in [3.8, 4) is 17.0 Å². The van der Waals surface area contributed by atoms with Crippen LogP contribution >= 0.6 is 11.6 Å². The van der Waals surface area contributed by atoms with Crippen molar-refractivity contribution in [1.82, 2.24) is 15.2 Å². The number of halogens is 7. The molecule has 3 rings (SSSR count). The van der Waals surface area contributed by atoms with Crippen LogP contribution in [0.15, 0.2) is 47.5 Å². The highest BCUT2D eigenvalue weighted by Crippen LogP contribution is 2.37. The van der Waals surface area contributed by atoms with Crippen molar-refractivity contribution in [2.24, 2.45) is 0 Å². The fourth-order valence-electron chi connectivity index (χ4n) is 3.06. The Morgan fingerprint density at radius 3 is 2.32 bits per heavy atom. The maximum Gasteiger partial charge on any atom is 0.422 e. The number of amides is 1. The number of sulfone groups is 1. The van der Waals surface area contributed by atoms with Gasteiger partial charge in [-0.15, -0.1) is 10.2 Å². The van der Waals surface area contributed by atoms with Crippen molar-refractivity contribution in [1.29, 1.82) is 0 Å². The maximum atomic E-state index is 13.4. The molecular weight excluding hydrogens is 554 g/mol. The lowest BCUT2D eigenvalue weighted by Crippen LogP contribution is -2.28. The summed E-state index contributed by atoms with van der Waals surface area (Å²) in [4.78, 5) is 16.9. The fourth-order valence-corrected chi connectivity index (χ4v) is 3.89. The van der Waals surface area contributed by atoms with Gasteiger partial charge in [0.2, 0.25) is 5.88 Å². The smallest absolute Gasteiger partial charge is 0.422 e. The number of nitrogens with zero attached hydrogens (tertiary/aromatic N) is 4. The normalized spacial score (nSPS) is 12.4. The van der Waals surface area contributed by atoms with E-state index in [0.29, 0.717) is 18.4 Å². The molecule has 1 aromatic carbocycles. The third kappa shape index (κ3) is 6.85. The predicted molar refractivity (Wildman–Crippen MR) is 119 cm³/mol. The van der Waals surface area contributed by atoms with Gasteiger partial charge in [0.1, 0.15) is 0 Å². The minimum absolute atomic E-state index is 0.0842. The van der Waals surface area contributed by atoms with Gasteiger partial charge >= 0.3 is 12.4 Å². The quantitative estimate of drug-likeness (QED) is 0.392. The summed E-state index contributed by atoms with van der Waals surface area (Å²) in [6.07, 6.45) is -7.84. The standard InChI is InChI=1S/C21H15ClF6N4O4S/c1-32(19(33)11-6-12(21(26,27)28)8-13(7-11)37(2,34)35)17-15(9-16(22)30-31-17)14-4-3-5-29-18(14)36-10-20(23,24)25/h3-9H,10H2,1-2H3. The molecule has 0 bridgehead atoms. The Bertz CT molecular complexity index is 1450. The number of hydrogen-bond acceptors (Lipinski definition) is 7. The number of pyridine rings is 1. The van der Waals surface area contributed by atoms with Crippen LogP contribution in [0.2, 0.25) is 5.15 Å². The van der Waals surface area contributed by atoms with Gasteiger partial charge in [-0.05, 0) is 36.4 Å². The maximum absolute atomic E-state index is 13.4. The van der Waals surface area contributed by atoms with Crippen LogP contribution < -0.4 is 9.64 Å². The summed E-state index contributed by atoms with van der Waals surface area (Å²) < 4.78 is 107. The summed E-state index contributed by atoms with van der Waals surface area (Å²) in [6.45, 7) is -1.69. The molecular formula is C21H15ClF6N4O4S. The number of ether oxygens (including phenoxy) is 1. The van der Waals surface area contributed by atoms with Crippen molar-refractivity contribution >= 4 is 33.2 Å². The zero-order chi connectivity index (χ0) is 27.8. The van der Waals surface area contributed by atoms with E-state index >= 15 is 0 Å². The molecule has 0 aliphatic heterocycles. The van der Waals surface area contributed by atoms with Crippen molar-refractivity contribution in [2.45, 2.75) is 17.2 Å². The molecule has 37 heavy (non-hydrogen) atoms. The molecule has 0 saturated carbocycles. The Labute approximate surface area is 210 Å². The zero-order valence-corrected chi connectivity index (χ0v) is 20.3. The number of carbonyl (C=O) groups excluding carboxylic acids is 1. The van der Waals surface area contributed by atoms with Crippen LogP contribution in [0.25, 0.3) is 11.1 Å². The molecule has 0 atom stereocenters. The molecule has 2 heterocycles. The van der Waals surface area contributed by atoms with Gasteiger partial charge in [0.15, 0.2) is 27.4 Å². The lowest BCUT2D eigenvalue weighted by atomic mass is 10.1. The number of rotatable bonds is 6. The Morgan fingerprint density at radius 2 is 1.73 bits per heavy atom. The molecule has 0 spiro atoms. The molecule has 2 aromatic heterocycles. The number of anilines is 1. The molecule has 198 valence electrons. The van der Waals surface area contributed by atoms with E-state index in [4.69, 9.17) is 16.3 Å². The van der Waals surface area contributed by atoms with Crippen LogP contribution in [-0.4, -0.2) is 55.6 Å². The summed E-state index contributed by atoms with van der Waals surface area (Å²) in [5.41, 5.74) is -2.21. The molecule has 0 N–H and O–H groups in total. The number of aromatic nitrogens is 3. The Kier molecular flexibility index (Phi) is 7.69. The molecule has 0 aliphatic rings. The Morgan fingerprint density at radius 1 is 1.05 bits per heavy atom. The van der Waals surface area contributed by atoms with Gasteiger partial charge in [0.05, 0.1) is 10.5 Å². The molecule has 0 unspecified atom stereocenters. The van der Waals surface area contributed by atoms with Gasteiger partial charge in [-0.25, -0.2) is 13.4 Å². The van der Waals surface area contributed by atoms with E-state index in [1.807, 2.05) is 0 Å². The van der Waals surface area contributed by atoms with E-state index in [1.165, 1.54) is 12.1 Å². The zero-order valence-electron chi connectivity index (χ0n) is 18.7. The summed E-state index contributed by atoms with van der Waals surface area (Å²) >= 11 is 5.90. The molecule has 0 radical (unpaired) electrons. The van der Waals surface area contributed by atoms with Gasteiger partial charge in [-0.2, -0.15) is 26.3 Å². The van der Waals surface area contributed by atoms with Gasteiger partial charge < -0.3 is 4.74 Å². The molecule has 0 aliphatic carbocycles. The summed E-state index contributed by atoms with van der Waals surface area (Å²) in [5.74, 6) is -1.96. The summed E-state index contributed by atoms with van der Waals surface area (Å²) in [5, 5.41) is 7.13. The second kappa shape index (κ2) is 10.1. The van der Waals surface area contributed by atoms with Crippen LogP contribution in [-0.2, 0) is 16.0 Å². The highest BCUT2D eigenvalue weighted by atomic mass is 35.5. The first-order valence-corrected chi connectivity index (χ1v) is 12.1. The largest absolute Gasteiger partial charge is 0.468 e. The van der Waals surface area contributed by atoms with E-state index in [0.717, 1.165) is 30.3 Å². The molecule has 0 saturated heterocycles. The first-order valence-electron chi connectivity index (χ1n) is 9.86.